The maximum absolute atomic E-state index is 5.66. The fourth-order valence-electron chi connectivity index (χ4n) is 2.17. The third-order valence-electron chi connectivity index (χ3n) is 3.35. The lowest BCUT2D eigenvalue weighted by atomic mass is 9.75. The van der Waals surface area contributed by atoms with E-state index in [-0.39, 0.29) is 5.41 Å². The molecule has 1 aromatic rings. The zero-order chi connectivity index (χ0) is 10.7. The molecular weight excluding hydrogens is 186 g/mol. The van der Waals surface area contributed by atoms with Crippen molar-refractivity contribution >= 4 is 0 Å². The molecule has 0 amide bonds. The average molecular weight is 205 g/mol. The molecule has 0 aliphatic carbocycles. The van der Waals surface area contributed by atoms with Gasteiger partial charge in [0.1, 0.15) is 0 Å². The highest BCUT2D eigenvalue weighted by atomic mass is 16.5. The molecule has 1 aliphatic heterocycles. The predicted octanol–water partition coefficient (Wildman–Crippen LogP) is 1.87. The number of rotatable bonds is 4. The Kier molecular flexibility index (Phi) is 3.08. The van der Waals surface area contributed by atoms with Crippen LogP contribution in [0, 0.1) is 0 Å². The number of benzene rings is 1. The summed E-state index contributed by atoms with van der Waals surface area (Å²) < 4.78 is 5.35. The van der Waals surface area contributed by atoms with Crippen LogP contribution in [0.15, 0.2) is 24.3 Å². The highest BCUT2D eigenvalue weighted by Crippen LogP contribution is 2.35. The summed E-state index contributed by atoms with van der Waals surface area (Å²) in [7, 11) is 0. The van der Waals surface area contributed by atoms with Gasteiger partial charge < -0.3 is 10.5 Å². The number of aryl methyl sites for hydroxylation is 1. The first kappa shape index (κ1) is 10.7. The van der Waals surface area contributed by atoms with Crippen LogP contribution < -0.4 is 5.73 Å². The molecule has 1 heterocycles. The van der Waals surface area contributed by atoms with Gasteiger partial charge in [-0.2, -0.15) is 0 Å². The van der Waals surface area contributed by atoms with Crippen LogP contribution in [0.4, 0.5) is 0 Å². The summed E-state index contributed by atoms with van der Waals surface area (Å²) in [5, 5.41) is 0. The minimum absolute atomic E-state index is 0.209. The van der Waals surface area contributed by atoms with E-state index in [9.17, 15) is 0 Å². The van der Waals surface area contributed by atoms with Crippen LogP contribution in [-0.2, 0) is 16.6 Å². The van der Waals surface area contributed by atoms with Crippen LogP contribution in [0.3, 0.4) is 0 Å². The minimum atomic E-state index is 0.209. The van der Waals surface area contributed by atoms with E-state index in [0.717, 1.165) is 32.6 Å². The van der Waals surface area contributed by atoms with E-state index < -0.39 is 0 Å². The Balaban J connectivity index is 2.19. The molecule has 0 spiro atoms. The molecule has 0 aromatic heterocycles. The van der Waals surface area contributed by atoms with Crippen molar-refractivity contribution in [2.24, 2.45) is 5.73 Å². The smallest absolute Gasteiger partial charge is 0.0586 e. The summed E-state index contributed by atoms with van der Waals surface area (Å²) in [6.45, 7) is 4.57. The summed E-state index contributed by atoms with van der Waals surface area (Å²) in [6, 6.07) is 8.89. The molecule has 2 nitrogen and oxygen atoms in total. The van der Waals surface area contributed by atoms with Gasteiger partial charge in [0.25, 0.3) is 0 Å². The third kappa shape index (κ3) is 1.92. The largest absolute Gasteiger partial charge is 0.379 e. The molecule has 0 atom stereocenters. The quantitative estimate of drug-likeness (QED) is 0.814. The molecule has 15 heavy (non-hydrogen) atoms. The van der Waals surface area contributed by atoms with Gasteiger partial charge in [0, 0.05) is 5.41 Å². The van der Waals surface area contributed by atoms with Gasteiger partial charge in [-0.05, 0) is 30.5 Å². The molecular formula is C13H19NO. The lowest BCUT2D eigenvalue weighted by Gasteiger charge is -2.42. The van der Waals surface area contributed by atoms with E-state index in [1.807, 2.05) is 0 Å². The van der Waals surface area contributed by atoms with Crippen LogP contribution in [0.2, 0.25) is 0 Å². The van der Waals surface area contributed by atoms with Crippen LogP contribution in [0.5, 0.6) is 0 Å². The molecule has 1 fully saturated rings. The molecule has 2 heteroatoms. The predicted molar refractivity (Wildman–Crippen MR) is 62.0 cm³/mol. The molecule has 1 aliphatic rings. The summed E-state index contributed by atoms with van der Waals surface area (Å²) >= 11 is 0. The number of hydrogen-bond acceptors (Lipinski definition) is 2. The fourth-order valence-corrected chi connectivity index (χ4v) is 2.17. The molecule has 1 saturated heterocycles. The molecule has 2 N–H and O–H groups in total. The fraction of sp³-hybridized carbons (Fsp3) is 0.538. The lowest BCUT2D eigenvalue weighted by molar-refractivity contribution is -0.0631. The standard InChI is InChI=1S/C13H19NO/c1-2-11-3-5-12(6-4-11)13(7-8-14)9-15-10-13/h3-6H,2,7-10,14H2,1H3. The van der Waals surface area contributed by atoms with Gasteiger partial charge >= 0.3 is 0 Å². The van der Waals surface area contributed by atoms with Crippen molar-refractivity contribution in [2.75, 3.05) is 19.8 Å². The first-order valence-corrected chi connectivity index (χ1v) is 5.68. The first-order chi connectivity index (χ1) is 7.30. The van der Waals surface area contributed by atoms with Gasteiger partial charge in [-0.1, -0.05) is 31.2 Å². The summed E-state index contributed by atoms with van der Waals surface area (Å²) in [4.78, 5) is 0. The van der Waals surface area contributed by atoms with E-state index in [1.54, 1.807) is 0 Å². The zero-order valence-corrected chi connectivity index (χ0v) is 9.33. The first-order valence-electron chi connectivity index (χ1n) is 5.68. The zero-order valence-electron chi connectivity index (χ0n) is 9.33. The second kappa shape index (κ2) is 4.33. The molecule has 0 saturated carbocycles. The number of ether oxygens (including phenoxy) is 1. The van der Waals surface area contributed by atoms with Gasteiger partial charge in [0.05, 0.1) is 13.2 Å². The van der Waals surface area contributed by atoms with Crippen molar-refractivity contribution < 1.29 is 4.74 Å². The Morgan fingerprint density at radius 2 is 1.93 bits per heavy atom. The van der Waals surface area contributed by atoms with Crippen molar-refractivity contribution in [2.45, 2.75) is 25.2 Å². The molecule has 82 valence electrons. The Morgan fingerprint density at radius 3 is 2.33 bits per heavy atom. The SMILES string of the molecule is CCc1ccc(C2(CCN)COC2)cc1. The van der Waals surface area contributed by atoms with E-state index >= 15 is 0 Å². The summed E-state index contributed by atoms with van der Waals surface area (Å²) in [5.74, 6) is 0. The monoisotopic (exact) mass is 205 g/mol. The maximum Gasteiger partial charge on any atom is 0.0586 e. The van der Waals surface area contributed by atoms with E-state index in [1.165, 1.54) is 11.1 Å². The molecule has 0 unspecified atom stereocenters. The van der Waals surface area contributed by atoms with Gasteiger partial charge in [-0.3, -0.25) is 0 Å². The Labute approximate surface area is 91.4 Å². The highest BCUT2D eigenvalue weighted by Gasteiger charge is 2.39. The molecule has 1 aromatic carbocycles. The maximum atomic E-state index is 5.66. The normalized spacial score (nSPS) is 18.5. The molecule has 0 bridgehead atoms. The van der Waals surface area contributed by atoms with Gasteiger partial charge in [-0.25, -0.2) is 0 Å². The van der Waals surface area contributed by atoms with E-state index in [2.05, 4.69) is 31.2 Å². The van der Waals surface area contributed by atoms with Gasteiger partial charge in [-0.15, -0.1) is 0 Å². The number of nitrogens with two attached hydrogens (primary N) is 1. The Bertz CT molecular complexity index is 314. The molecule has 2 rings (SSSR count). The Morgan fingerprint density at radius 1 is 1.27 bits per heavy atom. The van der Waals surface area contributed by atoms with Crippen molar-refractivity contribution in [3.8, 4) is 0 Å². The second-order valence-corrected chi connectivity index (χ2v) is 4.36. The van der Waals surface area contributed by atoms with Crippen LogP contribution in [0.1, 0.15) is 24.5 Å². The summed E-state index contributed by atoms with van der Waals surface area (Å²) in [6.07, 6.45) is 2.12. The molecule has 0 radical (unpaired) electrons. The van der Waals surface area contributed by atoms with Crippen molar-refractivity contribution in [3.05, 3.63) is 35.4 Å². The Hall–Kier alpha value is -0.860. The van der Waals surface area contributed by atoms with Crippen molar-refractivity contribution in [3.63, 3.8) is 0 Å². The van der Waals surface area contributed by atoms with Crippen molar-refractivity contribution in [1.82, 2.24) is 0 Å². The van der Waals surface area contributed by atoms with Crippen LogP contribution >= 0.6 is 0 Å². The number of hydrogen-bond donors (Lipinski definition) is 1. The van der Waals surface area contributed by atoms with E-state index in [0.29, 0.717) is 0 Å². The van der Waals surface area contributed by atoms with Crippen molar-refractivity contribution in [1.29, 1.82) is 0 Å². The minimum Gasteiger partial charge on any atom is -0.379 e. The van der Waals surface area contributed by atoms with Crippen LogP contribution in [0.25, 0.3) is 0 Å². The topological polar surface area (TPSA) is 35.2 Å². The lowest BCUT2D eigenvalue weighted by Crippen LogP contribution is -2.48. The second-order valence-electron chi connectivity index (χ2n) is 4.36. The highest BCUT2D eigenvalue weighted by molar-refractivity contribution is 5.31. The van der Waals surface area contributed by atoms with Crippen LogP contribution in [-0.4, -0.2) is 19.8 Å². The van der Waals surface area contributed by atoms with Gasteiger partial charge in [0.15, 0.2) is 0 Å². The van der Waals surface area contributed by atoms with Gasteiger partial charge in [0.2, 0.25) is 0 Å². The summed E-state index contributed by atoms with van der Waals surface area (Å²) in [5.41, 5.74) is 8.65. The third-order valence-corrected chi connectivity index (χ3v) is 3.35. The van der Waals surface area contributed by atoms with E-state index in [4.69, 9.17) is 10.5 Å². The average Bonchev–Trinajstić information content (AvgIpc) is 2.24.